The minimum Gasteiger partial charge on any atom is -0.497 e. The maximum absolute atomic E-state index is 13.4. The number of hydrogen-bond acceptors (Lipinski definition) is 3. The van der Waals surface area contributed by atoms with Crippen molar-refractivity contribution in [3.8, 4) is 17.0 Å². The van der Waals surface area contributed by atoms with Crippen molar-refractivity contribution < 1.29 is 9.53 Å². The third kappa shape index (κ3) is 3.06. The van der Waals surface area contributed by atoms with E-state index < -0.39 is 0 Å². The molecule has 0 saturated heterocycles. The Bertz CT molecular complexity index is 1050. The van der Waals surface area contributed by atoms with Crippen LogP contribution in [0.25, 0.3) is 11.3 Å². The lowest BCUT2D eigenvalue weighted by molar-refractivity contribution is 0.0660. The molecule has 1 amide bonds. The fraction of sp³-hybridized carbons (Fsp3) is 0.304. The first-order valence-corrected chi connectivity index (χ1v) is 10.8. The molecule has 2 aromatic carbocycles. The number of methoxy groups -OCH3 is 1. The lowest BCUT2D eigenvalue weighted by Gasteiger charge is -2.32. The molecular formula is C23H22BrN3O2. The second-order valence-corrected chi connectivity index (χ2v) is 8.61. The van der Waals surface area contributed by atoms with Gasteiger partial charge in [-0.05, 0) is 54.8 Å². The van der Waals surface area contributed by atoms with Gasteiger partial charge in [0.15, 0.2) is 0 Å². The van der Waals surface area contributed by atoms with Crippen LogP contribution < -0.4 is 4.74 Å². The van der Waals surface area contributed by atoms with Gasteiger partial charge in [0.1, 0.15) is 11.4 Å². The SMILES string of the molecule is COc1ccc(-c2n[nH]c3c2C(c2cccc(Br)c2)N(C2CCCC2)C3=O)cc1. The van der Waals surface area contributed by atoms with E-state index in [4.69, 9.17) is 4.74 Å². The van der Waals surface area contributed by atoms with Gasteiger partial charge >= 0.3 is 0 Å². The molecule has 3 aromatic rings. The number of carbonyl (C=O) groups excluding carboxylic acids is 1. The summed E-state index contributed by atoms with van der Waals surface area (Å²) in [7, 11) is 1.66. The molecule has 0 spiro atoms. The van der Waals surface area contributed by atoms with Crippen molar-refractivity contribution in [2.45, 2.75) is 37.8 Å². The predicted octanol–water partition coefficient (Wildman–Crippen LogP) is 5.34. The molecule has 2 heterocycles. The van der Waals surface area contributed by atoms with Crippen LogP contribution in [0.4, 0.5) is 0 Å². The fourth-order valence-electron chi connectivity index (χ4n) is 4.70. The molecule has 5 rings (SSSR count). The number of carbonyl (C=O) groups is 1. The molecule has 1 saturated carbocycles. The Labute approximate surface area is 178 Å². The molecule has 2 aliphatic rings. The van der Waals surface area contributed by atoms with E-state index in [1.165, 1.54) is 12.8 Å². The van der Waals surface area contributed by atoms with Crippen molar-refractivity contribution in [3.63, 3.8) is 0 Å². The molecular weight excluding hydrogens is 430 g/mol. The van der Waals surface area contributed by atoms with Crippen LogP contribution in [0.5, 0.6) is 5.75 Å². The van der Waals surface area contributed by atoms with E-state index in [1.54, 1.807) is 7.11 Å². The first-order chi connectivity index (χ1) is 14.2. The number of ether oxygens (including phenoxy) is 1. The van der Waals surface area contributed by atoms with E-state index in [0.717, 1.165) is 45.4 Å². The van der Waals surface area contributed by atoms with Gasteiger partial charge in [0.2, 0.25) is 0 Å². The largest absolute Gasteiger partial charge is 0.497 e. The quantitative estimate of drug-likeness (QED) is 0.582. The number of aromatic amines is 1. The summed E-state index contributed by atoms with van der Waals surface area (Å²) in [6.45, 7) is 0. The topological polar surface area (TPSA) is 58.2 Å². The second-order valence-electron chi connectivity index (χ2n) is 7.70. The van der Waals surface area contributed by atoms with Crippen LogP contribution in [-0.4, -0.2) is 34.2 Å². The number of benzene rings is 2. The van der Waals surface area contributed by atoms with E-state index in [0.29, 0.717) is 5.69 Å². The second kappa shape index (κ2) is 7.34. The average molecular weight is 452 g/mol. The highest BCUT2D eigenvalue weighted by Crippen LogP contribution is 2.46. The van der Waals surface area contributed by atoms with Gasteiger partial charge in [0.05, 0.1) is 18.8 Å². The van der Waals surface area contributed by atoms with Gasteiger partial charge in [-0.25, -0.2) is 0 Å². The van der Waals surface area contributed by atoms with Gasteiger partial charge in [-0.1, -0.05) is 40.9 Å². The standard InChI is InChI=1S/C23H22BrN3O2/c1-29-18-11-9-14(10-12-18)20-19-21(26-25-20)23(28)27(17-7-2-3-8-17)22(19)15-5-4-6-16(24)13-15/h4-6,9-13,17,22H,2-3,7-8H2,1H3,(H,25,26). The van der Waals surface area contributed by atoms with Crippen molar-refractivity contribution in [1.82, 2.24) is 15.1 Å². The summed E-state index contributed by atoms with van der Waals surface area (Å²) in [6.07, 6.45) is 4.48. The van der Waals surface area contributed by atoms with E-state index in [2.05, 4.69) is 43.2 Å². The molecule has 0 radical (unpaired) electrons. The van der Waals surface area contributed by atoms with E-state index in [-0.39, 0.29) is 18.0 Å². The van der Waals surface area contributed by atoms with Gasteiger partial charge < -0.3 is 9.64 Å². The summed E-state index contributed by atoms with van der Waals surface area (Å²) in [5.74, 6) is 0.859. The van der Waals surface area contributed by atoms with E-state index in [9.17, 15) is 4.79 Å². The summed E-state index contributed by atoms with van der Waals surface area (Å²) >= 11 is 3.60. The molecule has 6 heteroatoms. The van der Waals surface area contributed by atoms with E-state index >= 15 is 0 Å². The van der Waals surface area contributed by atoms with Gasteiger partial charge in [-0.3, -0.25) is 9.89 Å². The van der Waals surface area contributed by atoms with E-state index in [1.807, 2.05) is 36.4 Å². The third-order valence-electron chi connectivity index (χ3n) is 6.05. The minimum atomic E-state index is -0.131. The summed E-state index contributed by atoms with van der Waals surface area (Å²) in [5.41, 5.74) is 4.51. The lowest BCUT2D eigenvalue weighted by Crippen LogP contribution is -2.37. The summed E-state index contributed by atoms with van der Waals surface area (Å²) in [6, 6.07) is 16.2. The zero-order valence-electron chi connectivity index (χ0n) is 16.2. The zero-order valence-corrected chi connectivity index (χ0v) is 17.8. The number of nitrogens with zero attached hydrogens (tertiary/aromatic N) is 2. The van der Waals surface area contributed by atoms with Crippen LogP contribution in [-0.2, 0) is 0 Å². The number of fused-ring (bicyclic) bond motifs is 1. The number of rotatable bonds is 4. The van der Waals surface area contributed by atoms with Crippen molar-refractivity contribution in [1.29, 1.82) is 0 Å². The molecule has 1 aliphatic carbocycles. The molecule has 29 heavy (non-hydrogen) atoms. The van der Waals surface area contributed by atoms with Crippen LogP contribution in [0.3, 0.4) is 0 Å². The van der Waals surface area contributed by atoms with Gasteiger partial charge in [-0.2, -0.15) is 5.10 Å². The average Bonchev–Trinajstić information content (AvgIpc) is 3.46. The fourth-order valence-corrected chi connectivity index (χ4v) is 5.11. The molecule has 148 valence electrons. The summed E-state index contributed by atoms with van der Waals surface area (Å²) in [5, 5.41) is 7.59. The number of hydrogen-bond donors (Lipinski definition) is 1. The Morgan fingerprint density at radius 3 is 2.59 bits per heavy atom. The monoisotopic (exact) mass is 451 g/mol. The van der Waals surface area contributed by atoms with Crippen LogP contribution in [0.15, 0.2) is 53.0 Å². The first-order valence-electron chi connectivity index (χ1n) is 9.98. The molecule has 1 aliphatic heterocycles. The maximum Gasteiger partial charge on any atom is 0.273 e. The Morgan fingerprint density at radius 1 is 1.14 bits per heavy atom. The van der Waals surface area contributed by atoms with Crippen molar-refractivity contribution in [2.24, 2.45) is 0 Å². The highest BCUT2D eigenvalue weighted by atomic mass is 79.9. The predicted molar refractivity (Wildman–Crippen MR) is 115 cm³/mol. The first kappa shape index (κ1) is 18.4. The highest BCUT2D eigenvalue weighted by Gasteiger charge is 2.45. The Kier molecular flexibility index (Phi) is 4.66. The van der Waals surface area contributed by atoms with Crippen LogP contribution in [0.2, 0.25) is 0 Å². The van der Waals surface area contributed by atoms with Gasteiger partial charge in [0, 0.05) is 21.6 Å². The highest BCUT2D eigenvalue weighted by molar-refractivity contribution is 9.10. The third-order valence-corrected chi connectivity index (χ3v) is 6.54. The molecule has 0 bridgehead atoms. The van der Waals surface area contributed by atoms with Crippen LogP contribution in [0, 0.1) is 0 Å². The Balaban J connectivity index is 1.66. The molecule has 1 aromatic heterocycles. The van der Waals surface area contributed by atoms with Crippen LogP contribution >= 0.6 is 15.9 Å². The molecule has 5 nitrogen and oxygen atoms in total. The zero-order chi connectivity index (χ0) is 20.0. The number of H-pyrrole nitrogens is 1. The number of aromatic nitrogens is 2. The van der Waals surface area contributed by atoms with Crippen molar-refractivity contribution >= 4 is 21.8 Å². The summed E-state index contributed by atoms with van der Waals surface area (Å²) in [4.78, 5) is 15.5. The van der Waals surface area contributed by atoms with Crippen molar-refractivity contribution in [3.05, 3.63) is 69.8 Å². The van der Waals surface area contributed by atoms with Gasteiger partial charge in [0.25, 0.3) is 5.91 Å². The Morgan fingerprint density at radius 2 is 1.90 bits per heavy atom. The van der Waals surface area contributed by atoms with Gasteiger partial charge in [-0.15, -0.1) is 0 Å². The number of amides is 1. The molecule has 1 atom stereocenters. The molecule has 1 fully saturated rings. The lowest BCUT2D eigenvalue weighted by atomic mass is 9.95. The minimum absolute atomic E-state index is 0.0594. The number of halogens is 1. The number of nitrogens with one attached hydrogen (secondary N) is 1. The smallest absolute Gasteiger partial charge is 0.273 e. The normalized spacial score (nSPS) is 19.0. The maximum atomic E-state index is 13.4. The summed E-state index contributed by atoms with van der Waals surface area (Å²) < 4.78 is 6.30. The Hall–Kier alpha value is -2.60. The molecule has 1 unspecified atom stereocenters. The van der Waals surface area contributed by atoms with Crippen molar-refractivity contribution in [2.75, 3.05) is 7.11 Å². The van der Waals surface area contributed by atoms with Crippen LogP contribution in [0.1, 0.15) is 53.3 Å². The molecule has 1 N–H and O–H groups in total.